The number of hydrogen-bond donors (Lipinski definition) is 2. The van der Waals surface area contributed by atoms with E-state index in [1.165, 1.54) is 29.8 Å². The van der Waals surface area contributed by atoms with Crippen LogP contribution in [0, 0.1) is 12.7 Å². The number of aromatic nitrogens is 1. The van der Waals surface area contributed by atoms with Gasteiger partial charge in [0.25, 0.3) is 15.9 Å². The quantitative estimate of drug-likeness (QED) is 0.284. The van der Waals surface area contributed by atoms with Gasteiger partial charge in [-0.2, -0.15) is 0 Å². The fraction of sp³-hybridized carbons (Fsp3) is 0.286. The van der Waals surface area contributed by atoms with Gasteiger partial charge in [0.1, 0.15) is 17.1 Å². The number of nitrogens with one attached hydrogen (secondary N) is 2. The Morgan fingerprint density at radius 3 is 2.37 bits per heavy atom. The van der Waals surface area contributed by atoms with Gasteiger partial charge in [0.05, 0.1) is 16.7 Å². The van der Waals surface area contributed by atoms with Crippen LogP contribution in [0.3, 0.4) is 0 Å². The summed E-state index contributed by atoms with van der Waals surface area (Å²) in [6.45, 7) is 6.74. The van der Waals surface area contributed by atoms with Gasteiger partial charge in [0.15, 0.2) is 5.13 Å². The molecule has 4 aromatic rings. The normalized spacial score (nSPS) is 14.0. The number of nitrogens with zero attached hydrogens (tertiary/aromatic N) is 3. The molecule has 2 heterocycles. The summed E-state index contributed by atoms with van der Waals surface area (Å²) in [5.74, 6) is 0.0428. The second-order valence-electron chi connectivity index (χ2n) is 9.48. The topological polar surface area (TPSA) is 104 Å². The molecule has 1 aliphatic heterocycles. The lowest BCUT2D eigenvalue weighted by atomic mass is 10.2. The fourth-order valence-electron chi connectivity index (χ4n) is 4.51. The number of fused-ring (bicyclic) bond motifs is 1. The van der Waals surface area contributed by atoms with E-state index in [0.717, 1.165) is 66.0 Å². The van der Waals surface area contributed by atoms with E-state index in [9.17, 15) is 17.6 Å². The first-order valence-corrected chi connectivity index (χ1v) is 15.1. The number of carbonyl (C=O) groups excluding carboxylic acids is 1. The zero-order chi connectivity index (χ0) is 28.3. The Balaban J connectivity index is 0.00000387. The number of thiazole rings is 1. The molecular formula is C28H31ClFN5O4S2. The summed E-state index contributed by atoms with van der Waals surface area (Å²) < 4.78 is 47.1. The number of sulfonamides is 1. The highest BCUT2D eigenvalue weighted by Gasteiger charge is 2.21. The molecule has 41 heavy (non-hydrogen) atoms. The number of methoxy groups -OCH3 is 1. The number of aryl methyl sites for hydroxylation is 1. The molecule has 218 valence electrons. The van der Waals surface area contributed by atoms with E-state index in [2.05, 4.69) is 32.8 Å². The Kier molecular flexibility index (Phi) is 9.69. The van der Waals surface area contributed by atoms with Crippen LogP contribution in [0.4, 0.5) is 15.2 Å². The van der Waals surface area contributed by atoms with Crippen molar-refractivity contribution in [2.75, 3.05) is 56.0 Å². The first-order chi connectivity index (χ1) is 19.2. The molecule has 1 saturated heterocycles. The molecule has 13 heteroatoms. The first-order valence-electron chi connectivity index (χ1n) is 12.8. The number of anilines is 2. The van der Waals surface area contributed by atoms with Crippen molar-refractivity contribution in [3.63, 3.8) is 0 Å². The summed E-state index contributed by atoms with van der Waals surface area (Å²) in [4.78, 5) is 22.0. The molecule has 1 fully saturated rings. The molecule has 1 aliphatic rings. The van der Waals surface area contributed by atoms with Gasteiger partial charge in [-0.25, -0.2) is 17.8 Å². The molecule has 0 bridgehead atoms. The molecule has 2 N–H and O–H groups in total. The van der Waals surface area contributed by atoms with Crippen molar-refractivity contribution in [2.45, 2.75) is 11.8 Å². The number of amides is 1. The summed E-state index contributed by atoms with van der Waals surface area (Å²) in [6.07, 6.45) is 0. The van der Waals surface area contributed by atoms with Crippen molar-refractivity contribution >= 4 is 60.7 Å². The highest BCUT2D eigenvalue weighted by Crippen LogP contribution is 2.36. The Labute approximate surface area is 248 Å². The monoisotopic (exact) mass is 619 g/mol. The Bertz CT molecular complexity index is 1610. The van der Waals surface area contributed by atoms with Crippen LogP contribution in [0.1, 0.15) is 15.9 Å². The second-order valence-corrected chi connectivity index (χ2v) is 12.1. The van der Waals surface area contributed by atoms with Crippen LogP contribution in [0.5, 0.6) is 5.75 Å². The van der Waals surface area contributed by atoms with Crippen LogP contribution in [0.15, 0.2) is 65.6 Å². The largest absolute Gasteiger partial charge is 0.494 e. The predicted octanol–water partition coefficient (Wildman–Crippen LogP) is 4.53. The maximum absolute atomic E-state index is 13.1. The van der Waals surface area contributed by atoms with E-state index < -0.39 is 15.8 Å². The Morgan fingerprint density at radius 2 is 1.71 bits per heavy atom. The van der Waals surface area contributed by atoms with Crippen molar-refractivity contribution in [1.29, 1.82) is 0 Å². The molecule has 3 aromatic carbocycles. The second kappa shape index (κ2) is 13.0. The average Bonchev–Trinajstić information content (AvgIpc) is 3.41. The lowest BCUT2D eigenvalue weighted by molar-refractivity contribution is 0.0948. The molecular weight excluding hydrogens is 589 g/mol. The highest BCUT2D eigenvalue weighted by atomic mass is 35.5. The summed E-state index contributed by atoms with van der Waals surface area (Å²) in [7, 11) is -2.19. The lowest BCUT2D eigenvalue weighted by Crippen LogP contribution is -2.48. The van der Waals surface area contributed by atoms with Crippen LogP contribution in [0.2, 0.25) is 0 Å². The van der Waals surface area contributed by atoms with Gasteiger partial charge < -0.3 is 15.0 Å². The van der Waals surface area contributed by atoms with Gasteiger partial charge in [0, 0.05) is 50.5 Å². The molecule has 0 atom stereocenters. The maximum atomic E-state index is 13.1. The van der Waals surface area contributed by atoms with Gasteiger partial charge in [-0.1, -0.05) is 17.4 Å². The average molecular weight is 620 g/mol. The van der Waals surface area contributed by atoms with E-state index in [1.54, 1.807) is 30.6 Å². The van der Waals surface area contributed by atoms with E-state index in [1.807, 2.05) is 6.07 Å². The number of carbonyl (C=O) groups is 1. The number of ether oxygens (including phenoxy) is 1. The minimum absolute atomic E-state index is 0. The third kappa shape index (κ3) is 7.07. The van der Waals surface area contributed by atoms with Crippen molar-refractivity contribution in [3.05, 3.63) is 77.6 Å². The van der Waals surface area contributed by atoms with Gasteiger partial charge in [-0.3, -0.25) is 14.4 Å². The summed E-state index contributed by atoms with van der Waals surface area (Å²) in [5.41, 5.74) is 2.83. The van der Waals surface area contributed by atoms with Crippen molar-refractivity contribution < 1.29 is 22.3 Å². The van der Waals surface area contributed by atoms with Gasteiger partial charge in [-0.15, -0.1) is 12.4 Å². The SMILES string of the molecule is COc1ccc(C)c2sc(N3CCN(CCNC(=O)c4ccc(NS(=O)(=O)c5ccc(F)cc5)cc4)CC3)nc12.Cl. The standard InChI is InChI=1S/C28H30FN5O4S2.ClH/c1-19-3-12-24(38-2)25-26(19)39-28(31-25)34-17-15-33(16-18-34)14-13-30-27(35)20-4-8-22(9-5-20)32-40(36,37)23-10-6-21(29)7-11-23;/h3-12,32H,13-18H2,1-2H3,(H,30,35);1H. The number of benzene rings is 3. The first kappa shape index (κ1) is 30.5. The van der Waals surface area contributed by atoms with Crippen LogP contribution in [-0.4, -0.2) is 70.6 Å². The number of rotatable bonds is 9. The summed E-state index contributed by atoms with van der Waals surface area (Å²) in [6, 6.07) is 14.7. The summed E-state index contributed by atoms with van der Waals surface area (Å²) >= 11 is 1.69. The Hall–Kier alpha value is -3.45. The van der Waals surface area contributed by atoms with Crippen LogP contribution < -0.4 is 19.7 Å². The lowest BCUT2D eigenvalue weighted by Gasteiger charge is -2.34. The molecule has 0 saturated carbocycles. The smallest absolute Gasteiger partial charge is 0.261 e. The molecule has 5 rings (SSSR count). The third-order valence-electron chi connectivity index (χ3n) is 6.79. The molecule has 0 aliphatic carbocycles. The van der Waals surface area contributed by atoms with Gasteiger partial charge in [0.2, 0.25) is 0 Å². The van der Waals surface area contributed by atoms with Gasteiger partial charge in [-0.05, 0) is 67.1 Å². The maximum Gasteiger partial charge on any atom is 0.261 e. The zero-order valence-corrected chi connectivity index (χ0v) is 25.0. The minimum atomic E-state index is -3.86. The molecule has 0 spiro atoms. The van der Waals surface area contributed by atoms with Gasteiger partial charge >= 0.3 is 0 Å². The minimum Gasteiger partial charge on any atom is -0.494 e. The van der Waals surface area contributed by atoms with E-state index in [-0.39, 0.29) is 23.2 Å². The highest BCUT2D eigenvalue weighted by molar-refractivity contribution is 7.92. The number of hydrogen-bond acceptors (Lipinski definition) is 8. The number of halogens is 2. The van der Waals surface area contributed by atoms with Crippen molar-refractivity contribution in [3.8, 4) is 5.75 Å². The van der Waals surface area contributed by atoms with Crippen LogP contribution in [0.25, 0.3) is 10.2 Å². The zero-order valence-electron chi connectivity index (χ0n) is 22.6. The molecule has 9 nitrogen and oxygen atoms in total. The van der Waals surface area contributed by atoms with E-state index in [0.29, 0.717) is 17.8 Å². The fourth-order valence-corrected chi connectivity index (χ4v) is 6.67. The summed E-state index contributed by atoms with van der Waals surface area (Å²) in [5, 5.41) is 3.93. The third-order valence-corrected chi connectivity index (χ3v) is 9.44. The van der Waals surface area contributed by atoms with E-state index in [4.69, 9.17) is 9.72 Å². The van der Waals surface area contributed by atoms with Crippen molar-refractivity contribution in [1.82, 2.24) is 15.2 Å². The van der Waals surface area contributed by atoms with E-state index >= 15 is 0 Å². The van der Waals surface area contributed by atoms with Crippen molar-refractivity contribution in [2.24, 2.45) is 0 Å². The predicted molar refractivity (Wildman–Crippen MR) is 163 cm³/mol. The molecule has 1 aromatic heterocycles. The van der Waals surface area contributed by atoms with Crippen LogP contribution >= 0.6 is 23.7 Å². The molecule has 0 radical (unpaired) electrons. The van der Waals surface area contributed by atoms with Crippen LogP contribution in [-0.2, 0) is 10.0 Å². The Morgan fingerprint density at radius 1 is 1.02 bits per heavy atom. The molecule has 1 amide bonds. The number of piperazine rings is 1. The molecule has 0 unspecified atom stereocenters.